The Morgan fingerprint density at radius 2 is 2.11 bits per heavy atom. The summed E-state index contributed by atoms with van der Waals surface area (Å²) >= 11 is 0. The Morgan fingerprint density at radius 1 is 1.36 bits per heavy atom. The number of nitrogens with two attached hydrogens (primary N) is 1. The third-order valence-corrected chi connectivity index (χ3v) is 4.57. The summed E-state index contributed by atoms with van der Waals surface area (Å²) in [4.78, 5) is 42.3. The molecule has 1 saturated carbocycles. The molecule has 1 fully saturated rings. The molecule has 1 aliphatic carbocycles. The SMILES string of the molecule is CCOC(=O)[C@H](C)CN(C(=O)CCCc1ccnc(N)c1)C(=O)CNC1CC1. The van der Waals surface area contributed by atoms with Crippen LogP contribution in [0.1, 0.15) is 45.1 Å². The molecular weight excluding hydrogens is 360 g/mol. The molecule has 1 heterocycles. The van der Waals surface area contributed by atoms with E-state index in [1.807, 2.05) is 6.07 Å². The zero-order valence-electron chi connectivity index (χ0n) is 16.6. The molecule has 0 spiro atoms. The highest BCUT2D eigenvalue weighted by atomic mass is 16.5. The van der Waals surface area contributed by atoms with Crippen LogP contribution in [0.5, 0.6) is 0 Å². The van der Waals surface area contributed by atoms with Crippen LogP contribution in [-0.4, -0.2) is 53.4 Å². The molecule has 0 aromatic carbocycles. The molecule has 8 heteroatoms. The van der Waals surface area contributed by atoms with E-state index in [0.717, 1.165) is 18.4 Å². The number of imide groups is 1. The zero-order chi connectivity index (χ0) is 20.5. The van der Waals surface area contributed by atoms with Crippen LogP contribution < -0.4 is 11.1 Å². The normalized spacial score (nSPS) is 14.4. The number of aromatic nitrogens is 1. The lowest BCUT2D eigenvalue weighted by Gasteiger charge is -2.24. The molecule has 0 bridgehead atoms. The Morgan fingerprint density at radius 3 is 2.75 bits per heavy atom. The predicted molar refractivity (Wildman–Crippen MR) is 105 cm³/mol. The van der Waals surface area contributed by atoms with Crippen molar-refractivity contribution in [1.29, 1.82) is 0 Å². The van der Waals surface area contributed by atoms with Crippen molar-refractivity contribution in [2.75, 3.05) is 25.4 Å². The first kappa shape index (κ1) is 21.8. The largest absolute Gasteiger partial charge is 0.466 e. The number of carbonyl (C=O) groups excluding carboxylic acids is 3. The molecule has 1 aliphatic rings. The summed E-state index contributed by atoms with van der Waals surface area (Å²) in [6.45, 7) is 3.80. The first-order chi connectivity index (χ1) is 13.4. The molecule has 2 amide bonds. The minimum Gasteiger partial charge on any atom is -0.466 e. The molecule has 1 aromatic heterocycles. The maximum absolute atomic E-state index is 12.7. The maximum Gasteiger partial charge on any atom is 0.310 e. The van der Waals surface area contributed by atoms with Gasteiger partial charge in [-0.25, -0.2) is 4.98 Å². The summed E-state index contributed by atoms with van der Waals surface area (Å²) in [6.07, 6.45) is 5.19. The van der Waals surface area contributed by atoms with Crippen LogP contribution in [0.15, 0.2) is 18.3 Å². The van der Waals surface area contributed by atoms with E-state index < -0.39 is 11.9 Å². The molecule has 28 heavy (non-hydrogen) atoms. The average molecular weight is 390 g/mol. The number of nitrogens with zero attached hydrogens (tertiary/aromatic N) is 2. The third kappa shape index (κ3) is 7.26. The minimum atomic E-state index is -0.561. The third-order valence-electron chi connectivity index (χ3n) is 4.57. The van der Waals surface area contributed by atoms with Gasteiger partial charge in [-0.1, -0.05) is 6.92 Å². The predicted octanol–water partition coefficient (Wildman–Crippen LogP) is 1.29. The quantitative estimate of drug-likeness (QED) is 0.547. The highest BCUT2D eigenvalue weighted by molar-refractivity contribution is 5.96. The summed E-state index contributed by atoms with van der Waals surface area (Å²) in [5.74, 6) is -1.11. The molecule has 1 aromatic rings. The maximum atomic E-state index is 12.7. The second kappa shape index (κ2) is 10.8. The van der Waals surface area contributed by atoms with E-state index >= 15 is 0 Å². The Bertz CT molecular complexity index is 691. The monoisotopic (exact) mass is 390 g/mol. The van der Waals surface area contributed by atoms with Gasteiger partial charge in [0.05, 0.1) is 19.1 Å². The fourth-order valence-electron chi connectivity index (χ4n) is 2.82. The van der Waals surface area contributed by atoms with Crippen LogP contribution in [0.4, 0.5) is 5.82 Å². The van der Waals surface area contributed by atoms with Crippen LogP contribution in [0.2, 0.25) is 0 Å². The lowest BCUT2D eigenvalue weighted by molar-refractivity contribution is -0.151. The number of amides is 2. The molecule has 154 valence electrons. The van der Waals surface area contributed by atoms with E-state index in [1.54, 1.807) is 26.1 Å². The Balaban J connectivity index is 1.92. The van der Waals surface area contributed by atoms with E-state index in [9.17, 15) is 14.4 Å². The molecule has 0 saturated heterocycles. The highest BCUT2D eigenvalue weighted by Crippen LogP contribution is 2.18. The van der Waals surface area contributed by atoms with Crippen molar-refractivity contribution in [3.05, 3.63) is 23.9 Å². The first-order valence-electron chi connectivity index (χ1n) is 9.84. The summed E-state index contributed by atoms with van der Waals surface area (Å²) in [5.41, 5.74) is 6.66. The van der Waals surface area contributed by atoms with Crippen LogP contribution >= 0.6 is 0 Å². The van der Waals surface area contributed by atoms with Gasteiger partial charge in [0, 0.05) is 25.2 Å². The van der Waals surface area contributed by atoms with Crippen LogP contribution in [0, 0.1) is 5.92 Å². The topological polar surface area (TPSA) is 115 Å². The van der Waals surface area contributed by atoms with Crippen molar-refractivity contribution in [3.63, 3.8) is 0 Å². The van der Waals surface area contributed by atoms with E-state index in [1.165, 1.54) is 4.90 Å². The minimum absolute atomic E-state index is 0.0328. The Kier molecular flexibility index (Phi) is 8.38. The van der Waals surface area contributed by atoms with Crippen LogP contribution in [0.25, 0.3) is 0 Å². The smallest absolute Gasteiger partial charge is 0.310 e. The van der Waals surface area contributed by atoms with E-state index in [4.69, 9.17) is 10.5 Å². The molecule has 0 unspecified atom stereocenters. The van der Waals surface area contributed by atoms with Gasteiger partial charge in [0.2, 0.25) is 11.8 Å². The lowest BCUT2D eigenvalue weighted by atomic mass is 10.1. The molecule has 2 rings (SSSR count). The number of rotatable bonds is 11. The number of hydrogen-bond acceptors (Lipinski definition) is 7. The number of hydrogen-bond donors (Lipinski definition) is 2. The van der Waals surface area contributed by atoms with Crippen LogP contribution in [-0.2, 0) is 25.5 Å². The number of aryl methyl sites for hydroxylation is 1. The van der Waals surface area contributed by atoms with E-state index in [-0.39, 0.29) is 37.9 Å². The zero-order valence-corrected chi connectivity index (χ0v) is 16.6. The summed E-state index contributed by atoms with van der Waals surface area (Å²) in [7, 11) is 0. The Hall–Kier alpha value is -2.48. The van der Waals surface area contributed by atoms with Gasteiger partial charge in [-0.15, -0.1) is 0 Å². The first-order valence-corrected chi connectivity index (χ1v) is 9.84. The van der Waals surface area contributed by atoms with Crippen LogP contribution in [0.3, 0.4) is 0 Å². The van der Waals surface area contributed by atoms with Gasteiger partial charge in [-0.05, 0) is 50.3 Å². The number of esters is 1. The number of anilines is 1. The summed E-state index contributed by atoms with van der Waals surface area (Å²) in [5, 5.41) is 3.13. The van der Waals surface area contributed by atoms with Crippen molar-refractivity contribution >= 4 is 23.6 Å². The summed E-state index contributed by atoms with van der Waals surface area (Å²) in [6, 6.07) is 3.99. The van der Waals surface area contributed by atoms with Gasteiger partial charge < -0.3 is 15.8 Å². The van der Waals surface area contributed by atoms with Crippen molar-refractivity contribution in [2.24, 2.45) is 5.92 Å². The number of ether oxygens (including phenoxy) is 1. The van der Waals surface area contributed by atoms with Crippen molar-refractivity contribution in [3.8, 4) is 0 Å². The van der Waals surface area contributed by atoms with Gasteiger partial charge >= 0.3 is 5.97 Å². The second-order valence-corrected chi connectivity index (χ2v) is 7.15. The molecule has 1 atom stereocenters. The number of carbonyl (C=O) groups is 3. The van der Waals surface area contributed by atoms with Gasteiger partial charge in [0.15, 0.2) is 0 Å². The average Bonchev–Trinajstić information content (AvgIpc) is 3.48. The summed E-state index contributed by atoms with van der Waals surface area (Å²) < 4.78 is 5.00. The van der Waals surface area contributed by atoms with Crippen molar-refractivity contribution < 1.29 is 19.1 Å². The molecular formula is C20H30N4O4. The molecule has 0 aliphatic heterocycles. The van der Waals surface area contributed by atoms with Gasteiger partial charge in [0.25, 0.3) is 0 Å². The van der Waals surface area contributed by atoms with Crippen molar-refractivity contribution in [2.45, 2.75) is 52.0 Å². The Labute approximate surface area is 165 Å². The lowest BCUT2D eigenvalue weighted by Crippen LogP contribution is -2.45. The fourth-order valence-corrected chi connectivity index (χ4v) is 2.82. The highest BCUT2D eigenvalue weighted by Gasteiger charge is 2.28. The van der Waals surface area contributed by atoms with E-state index in [2.05, 4.69) is 10.3 Å². The number of pyridine rings is 1. The van der Waals surface area contributed by atoms with E-state index in [0.29, 0.717) is 24.7 Å². The van der Waals surface area contributed by atoms with Crippen molar-refractivity contribution in [1.82, 2.24) is 15.2 Å². The number of nitrogens with one attached hydrogen (secondary N) is 1. The van der Waals surface area contributed by atoms with Gasteiger partial charge in [0.1, 0.15) is 5.82 Å². The number of nitrogen functional groups attached to an aromatic ring is 1. The standard InChI is InChI=1S/C20H30N4O4/c1-3-28-20(27)14(2)13-24(19(26)12-23-16-7-8-16)18(25)6-4-5-15-9-10-22-17(21)11-15/h9-11,14,16,23H,3-8,12-13H2,1-2H3,(H2,21,22)/t14-/m1/s1. The molecule has 0 radical (unpaired) electrons. The molecule has 3 N–H and O–H groups in total. The molecule has 8 nitrogen and oxygen atoms in total. The fraction of sp³-hybridized carbons (Fsp3) is 0.600. The second-order valence-electron chi connectivity index (χ2n) is 7.15. The van der Waals surface area contributed by atoms with Gasteiger partial charge in [-0.2, -0.15) is 0 Å². The van der Waals surface area contributed by atoms with Gasteiger partial charge in [-0.3, -0.25) is 19.3 Å².